The van der Waals surface area contributed by atoms with Gasteiger partial charge in [-0.1, -0.05) is 19.9 Å². The van der Waals surface area contributed by atoms with E-state index >= 15 is 0 Å². The van der Waals surface area contributed by atoms with Crippen molar-refractivity contribution in [3.8, 4) is 11.8 Å². The molecule has 1 aromatic rings. The summed E-state index contributed by atoms with van der Waals surface area (Å²) in [4.78, 5) is 0. The first-order valence-electron chi connectivity index (χ1n) is 4.99. The lowest BCUT2D eigenvalue weighted by Gasteiger charge is -2.13. The zero-order chi connectivity index (χ0) is 12.1. The normalized spacial score (nSPS) is 10.6. The first kappa shape index (κ1) is 12.4. The Kier molecular flexibility index (Phi) is 4.24. The van der Waals surface area contributed by atoms with Gasteiger partial charge in [0.1, 0.15) is 5.75 Å². The summed E-state index contributed by atoms with van der Waals surface area (Å²) in [6.07, 6.45) is 0.280. The van der Waals surface area contributed by atoms with Crippen LogP contribution >= 0.6 is 0 Å². The minimum absolute atomic E-state index is 0.139. The van der Waals surface area contributed by atoms with Gasteiger partial charge in [0, 0.05) is 0 Å². The molecule has 0 amide bonds. The monoisotopic (exact) mass is 225 g/mol. The fourth-order valence-corrected chi connectivity index (χ4v) is 1.53. The molecule has 0 radical (unpaired) electrons. The molecule has 0 aromatic heterocycles. The van der Waals surface area contributed by atoms with Gasteiger partial charge in [-0.05, 0) is 29.2 Å². The minimum Gasteiger partial charge on any atom is -0.435 e. The van der Waals surface area contributed by atoms with E-state index < -0.39 is 6.61 Å². The molecule has 1 aromatic carbocycles. The summed E-state index contributed by atoms with van der Waals surface area (Å²) >= 11 is 0. The number of hydrogen-bond donors (Lipinski definition) is 0. The van der Waals surface area contributed by atoms with Gasteiger partial charge in [0.2, 0.25) is 0 Å². The fraction of sp³-hybridized carbons (Fsp3) is 0.417. The van der Waals surface area contributed by atoms with Crippen LogP contribution < -0.4 is 4.74 Å². The number of ether oxygens (including phenoxy) is 1. The van der Waals surface area contributed by atoms with Crippen LogP contribution in [0.5, 0.6) is 5.75 Å². The average molecular weight is 225 g/mol. The highest BCUT2D eigenvalue weighted by Crippen LogP contribution is 2.26. The molecule has 0 saturated heterocycles. The van der Waals surface area contributed by atoms with Gasteiger partial charge in [0.25, 0.3) is 0 Å². The van der Waals surface area contributed by atoms with Gasteiger partial charge in [-0.15, -0.1) is 0 Å². The zero-order valence-electron chi connectivity index (χ0n) is 9.21. The molecule has 0 N–H and O–H groups in total. The van der Waals surface area contributed by atoms with Crippen molar-refractivity contribution in [1.82, 2.24) is 0 Å². The summed E-state index contributed by atoms with van der Waals surface area (Å²) in [5.41, 5.74) is 1.74. The Bertz CT molecular complexity index is 396. The second-order valence-corrected chi connectivity index (χ2v) is 3.73. The van der Waals surface area contributed by atoms with Crippen LogP contribution in [0, 0.1) is 11.3 Å². The molecule has 0 bridgehead atoms. The molecule has 0 spiro atoms. The number of rotatable bonds is 4. The predicted octanol–water partition coefficient (Wildman–Crippen LogP) is 3.48. The van der Waals surface area contributed by atoms with Crippen molar-refractivity contribution in [1.29, 1.82) is 5.26 Å². The Morgan fingerprint density at radius 3 is 2.56 bits per heavy atom. The smallest absolute Gasteiger partial charge is 0.387 e. The molecule has 0 saturated carbocycles. The molecule has 4 heteroatoms. The van der Waals surface area contributed by atoms with Gasteiger partial charge in [-0.3, -0.25) is 0 Å². The molecule has 2 nitrogen and oxygen atoms in total. The topological polar surface area (TPSA) is 33.0 Å². The maximum absolute atomic E-state index is 12.0. The number of hydrogen-bond acceptors (Lipinski definition) is 2. The standard InChI is InChI=1S/C12H13F2NO/c1-8(2)11-7-10(16-12(13)14)4-3-9(11)5-6-15/h3-4,7-8,12H,5H2,1-2H3. The average Bonchev–Trinajstić information content (AvgIpc) is 2.19. The second-order valence-electron chi connectivity index (χ2n) is 3.73. The van der Waals surface area contributed by atoms with Crippen LogP contribution in [0.15, 0.2) is 18.2 Å². The van der Waals surface area contributed by atoms with E-state index in [4.69, 9.17) is 5.26 Å². The second kappa shape index (κ2) is 5.45. The van der Waals surface area contributed by atoms with E-state index in [9.17, 15) is 8.78 Å². The van der Waals surface area contributed by atoms with Crippen LogP contribution in [-0.4, -0.2) is 6.61 Å². The molecular weight excluding hydrogens is 212 g/mol. The number of alkyl halides is 2. The van der Waals surface area contributed by atoms with Gasteiger partial charge in [-0.25, -0.2) is 0 Å². The molecule has 16 heavy (non-hydrogen) atoms. The third-order valence-corrected chi connectivity index (χ3v) is 2.23. The van der Waals surface area contributed by atoms with E-state index in [0.29, 0.717) is 0 Å². The van der Waals surface area contributed by atoms with Crippen LogP contribution in [0.1, 0.15) is 30.9 Å². The quantitative estimate of drug-likeness (QED) is 0.785. The van der Waals surface area contributed by atoms with Gasteiger partial charge in [0.15, 0.2) is 0 Å². The number of benzene rings is 1. The summed E-state index contributed by atoms with van der Waals surface area (Å²) in [5.74, 6) is 0.310. The van der Waals surface area contributed by atoms with Crippen molar-refractivity contribution in [3.05, 3.63) is 29.3 Å². The molecular formula is C12H13F2NO. The first-order valence-corrected chi connectivity index (χ1v) is 4.99. The maximum atomic E-state index is 12.0. The lowest BCUT2D eigenvalue weighted by molar-refractivity contribution is -0.0499. The predicted molar refractivity (Wildman–Crippen MR) is 56.5 cm³/mol. The fourth-order valence-electron chi connectivity index (χ4n) is 1.53. The van der Waals surface area contributed by atoms with E-state index in [1.54, 1.807) is 12.1 Å². The summed E-state index contributed by atoms with van der Waals surface area (Å²) in [5, 5.41) is 8.64. The van der Waals surface area contributed by atoms with Gasteiger partial charge < -0.3 is 4.74 Å². The summed E-state index contributed by atoms with van der Waals surface area (Å²) in [6.45, 7) is 1.08. The molecule has 0 aliphatic heterocycles. The van der Waals surface area contributed by atoms with E-state index in [-0.39, 0.29) is 18.1 Å². The van der Waals surface area contributed by atoms with Crippen molar-refractivity contribution >= 4 is 0 Å². The number of halogens is 2. The van der Waals surface area contributed by atoms with Crippen LogP contribution in [-0.2, 0) is 6.42 Å². The molecule has 0 fully saturated rings. The van der Waals surface area contributed by atoms with E-state index in [1.165, 1.54) is 6.07 Å². The number of nitrogens with zero attached hydrogens (tertiary/aromatic N) is 1. The Hall–Kier alpha value is -1.63. The molecule has 0 heterocycles. The summed E-state index contributed by atoms with van der Waals surface area (Å²) in [7, 11) is 0. The van der Waals surface area contributed by atoms with E-state index in [1.807, 2.05) is 13.8 Å². The highest BCUT2D eigenvalue weighted by atomic mass is 19.3. The van der Waals surface area contributed by atoms with Crippen molar-refractivity contribution in [2.75, 3.05) is 0 Å². The van der Waals surface area contributed by atoms with Gasteiger partial charge in [-0.2, -0.15) is 14.0 Å². The Balaban J connectivity index is 3.03. The Morgan fingerprint density at radius 2 is 2.06 bits per heavy atom. The number of nitriles is 1. The molecule has 0 aliphatic rings. The van der Waals surface area contributed by atoms with Crippen molar-refractivity contribution in [3.63, 3.8) is 0 Å². The molecule has 1 rings (SSSR count). The van der Waals surface area contributed by atoms with Crippen LogP contribution in [0.25, 0.3) is 0 Å². The molecule has 86 valence electrons. The third kappa shape index (κ3) is 3.20. The van der Waals surface area contributed by atoms with Crippen LogP contribution in [0.3, 0.4) is 0 Å². The highest BCUT2D eigenvalue weighted by Gasteiger charge is 2.10. The molecule has 0 aliphatic carbocycles. The van der Waals surface area contributed by atoms with Crippen molar-refractivity contribution in [2.45, 2.75) is 32.8 Å². The van der Waals surface area contributed by atoms with E-state index in [2.05, 4.69) is 10.8 Å². The third-order valence-electron chi connectivity index (χ3n) is 2.23. The Labute approximate surface area is 93.5 Å². The van der Waals surface area contributed by atoms with Gasteiger partial charge in [0.05, 0.1) is 12.5 Å². The molecule has 0 unspecified atom stereocenters. The molecule has 0 atom stereocenters. The minimum atomic E-state index is -2.82. The maximum Gasteiger partial charge on any atom is 0.387 e. The lowest BCUT2D eigenvalue weighted by atomic mass is 9.95. The van der Waals surface area contributed by atoms with Crippen molar-refractivity contribution in [2.24, 2.45) is 0 Å². The highest BCUT2D eigenvalue weighted by molar-refractivity contribution is 5.38. The van der Waals surface area contributed by atoms with Gasteiger partial charge >= 0.3 is 6.61 Å². The lowest BCUT2D eigenvalue weighted by Crippen LogP contribution is -2.04. The van der Waals surface area contributed by atoms with Crippen molar-refractivity contribution < 1.29 is 13.5 Å². The van der Waals surface area contributed by atoms with Crippen LogP contribution in [0.2, 0.25) is 0 Å². The first-order chi connectivity index (χ1) is 7.54. The Morgan fingerprint density at radius 1 is 1.38 bits per heavy atom. The largest absolute Gasteiger partial charge is 0.435 e. The zero-order valence-corrected chi connectivity index (χ0v) is 9.21. The summed E-state index contributed by atoms with van der Waals surface area (Å²) < 4.78 is 28.4. The van der Waals surface area contributed by atoms with E-state index in [0.717, 1.165) is 11.1 Å². The van der Waals surface area contributed by atoms with Crippen LogP contribution in [0.4, 0.5) is 8.78 Å². The SMILES string of the molecule is CC(C)c1cc(OC(F)F)ccc1CC#N. The summed E-state index contributed by atoms with van der Waals surface area (Å²) in [6, 6.07) is 6.75.